The van der Waals surface area contributed by atoms with E-state index in [0.717, 1.165) is 34.2 Å². The normalized spacial score (nSPS) is 12.9. The highest BCUT2D eigenvalue weighted by Gasteiger charge is 2.22. The molecule has 0 aromatic heterocycles. The van der Waals surface area contributed by atoms with Crippen molar-refractivity contribution in [2.75, 3.05) is 0 Å². The summed E-state index contributed by atoms with van der Waals surface area (Å²) in [6.45, 7) is 3.66. The van der Waals surface area contributed by atoms with Crippen molar-refractivity contribution in [3.8, 4) is 0 Å². The first kappa shape index (κ1) is 17.5. The summed E-state index contributed by atoms with van der Waals surface area (Å²) < 4.78 is 25.7. The Hall–Kier alpha value is -2.92. The van der Waals surface area contributed by atoms with Crippen molar-refractivity contribution in [2.45, 2.75) is 25.2 Å². The zero-order chi connectivity index (χ0) is 19.0. The van der Waals surface area contributed by atoms with Gasteiger partial charge in [0.25, 0.3) is 10.0 Å². The molecule has 1 N–H and O–H groups in total. The van der Waals surface area contributed by atoms with Crippen molar-refractivity contribution in [1.29, 1.82) is 0 Å². The molecule has 4 nitrogen and oxygen atoms in total. The lowest BCUT2D eigenvalue weighted by atomic mass is 9.85. The lowest BCUT2D eigenvalue weighted by Crippen LogP contribution is -2.24. The Morgan fingerprint density at radius 2 is 1.44 bits per heavy atom. The van der Waals surface area contributed by atoms with Crippen LogP contribution in [0.2, 0.25) is 0 Å². The van der Waals surface area contributed by atoms with Crippen LogP contribution >= 0.6 is 0 Å². The molecule has 0 aliphatic heterocycles. The van der Waals surface area contributed by atoms with Crippen LogP contribution < -0.4 is 4.83 Å². The number of hydrazone groups is 1. The number of hydrogen-bond donors (Lipinski definition) is 1. The van der Waals surface area contributed by atoms with E-state index in [1.54, 1.807) is 13.0 Å². The van der Waals surface area contributed by atoms with Crippen molar-refractivity contribution in [2.24, 2.45) is 5.10 Å². The molecule has 0 fully saturated rings. The van der Waals surface area contributed by atoms with Crippen molar-refractivity contribution in [3.05, 3.63) is 100 Å². The highest BCUT2D eigenvalue weighted by atomic mass is 32.2. The summed E-state index contributed by atoms with van der Waals surface area (Å²) in [4.78, 5) is 2.71. The van der Waals surface area contributed by atoms with E-state index in [1.807, 2.05) is 55.5 Å². The average Bonchev–Trinajstić information content (AvgIpc) is 2.67. The molecule has 1 aliphatic rings. The van der Waals surface area contributed by atoms with Gasteiger partial charge < -0.3 is 0 Å². The minimum atomic E-state index is -3.76. The van der Waals surface area contributed by atoms with E-state index < -0.39 is 10.0 Å². The van der Waals surface area contributed by atoms with Crippen LogP contribution in [0, 0.1) is 13.8 Å². The van der Waals surface area contributed by atoms with E-state index in [9.17, 15) is 8.42 Å². The summed E-state index contributed by atoms with van der Waals surface area (Å²) >= 11 is 0. The van der Waals surface area contributed by atoms with Gasteiger partial charge in [-0.3, -0.25) is 0 Å². The van der Waals surface area contributed by atoms with Gasteiger partial charge in [-0.25, -0.2) is 0 Å². The van der Waals surface area contributed by atoms with Crippen LogP contribution in [-0.2, 0) is 16.4 Å². The minimum Gasteiger partial charge on any atom is -0.200 e. The Labute approximate surface area is 159 Å². The van der Waals surface area contributed by atoms with Gasteiger partial charge in [0.05, 0.1) is 10.6 Å². The summed E-state index contributed by atoms with van der Waals surface area (Å²) in [5, 5.41) is 4.36. The first-order valence-electron chi connectivity index (χ1n) is 8.79. The first-order chi connectivity index (χ1) is 13.0. The molecule has 5 heteroatoms. The van der Waals surface area contributed by atoms with Gasteiger partial charge in [0.15, 0.2) is 0 Å². The van der Waals surface area contributed by atoms with E-state index >= 15 is 0 Å². The van der Waals surface area contributed by atoms with Gasteiger partial charge in [0.1, 0.15) is 0 Å². The molecule has 0 heterocycles. The van der Waals surface area contributed by atoms with Crippen LogP contribution in [0.1, 0.15) is 33.4 Å². The van der Waals surface area contributed by atoms with E-state index in [2.05, 4.69) is 22.1 Å². The molecule has 3 aromatic rings. The second kappa shape index (κ2) is 6.67. The monoisotopic (exact) mass is 376 g/mol. The van der Waals surface area contributed by atoms with Crippen LogP contribution in [0.3, 0.4) is 0 Å². The van der Waals surface area contributed by atoms with Gasteiger partial charge in [-0.15, -0.1) is 0 Å². The van der Waals surface area contributed by atoms with Crippen LogP contribution in [0.4, 0.5) is 0 Å². The summed E-state index contributed by atoms with van der Waals surface area (Å²) in [6, 6.07) is 21.3. The molecule has 0 radical (unpaired) electrons. The van der Waals surface area contributed by atoms with Crippen molar-refractivity contribution >= 4 is 15.7 Å². The smallest absolute Gasteiger partial charge is 0.200 e. The maximum Gasteiger partial charge on any atom is 0.276 e. The fourth-order valence-electron chi connectivity index (χ4n) is 3.43. The largest absolute Gasteiger partial charge is 0.276 e. The van der Waals surface area contributed by atoms with Gasteiger partial charge in [0, 0.05) is 11.1 Å². The van der Waals surface area contributed by atoms with Crippen LogP contribution in [0.25, 0.3) is 0 Å². The molecule has 3 aromatic carbocycles. The summed E-state index contributed by atoms with van der Waals surface area (Å²) in [7, 11) is -3.76. The fraction of sp³-hybridized carbons (Fsp3) is 0.136. The molecule has 0 atom stereocenters. The number of nitrogens with zero attached hydrogens (tertiary/aromatic N) is 1. The third-order valence-electron chi connectivity index (χ3n) is 4.84. The van der Waals surface area contributed by atoms with Crippen molar-refractivity contribution in [1.82, 2.24) is 4.83 Å². The average molecular weight is 376 g/mol. The van der Waals surface area contributed by atoms with Crippen LogP contribution in [0.15, 0.2) is 76.7 Å². The van der Waals surface area contributed by atoms with Gasteiger partial charge in [-0.05, 0) is 48.6 Å². The summed E-state index contributed by atoms with van der Waals surface area (Å²) in [5.41, 5.74) is 6.43. The molecule has 4 rings (SSSR count). The number of aryl methyl sites for hydroxylation is 2. The summed E-state index contributed by atoms with van der Waals surface area (Å²) in [5.74, 6) is 0. The van der Waals surface area contributed by atoms with E-state index in [1.165, 1.54) is 0 Å². The van der Waals surface area contributed by atoms with Gasteiger partial charge >= 0.3 is 0 Å². The third kappa shape index (κ3) is 3.26. The van der Waals surface area contributed by atoms with Crippen LogP contribution in [0.5, 0.6) is 0 Å². The maximum absolute atomic E-state index is 12.9. The number of benzene rings is 3. The second-order valence-corrected chi connectivity index (χ2v) is 8.44. The highest BCUT2D eigenvalue weighted by Crippen LogP contribution is 2.27. The Morgan fingerprint density at radius 1 is 0.852 bits per heavy atom. The molecular weight excluding hydrogens is 356 g/mol. The molecule has 27 heavy (non-hydrogen) atoms. The standard InChI is InChI=1S/C22H20N2O2S/c1-15-11-12-16(2)21(13-15)27(25,26)24-23-22-19-9-5-3-7-17(19)14-18-8-4-6-10-20(18)22/h3-13,24H,14H2,1-2H3. The SMILES string of the molecule is Cc1ccc(C)c(S(=O)(=O)NN=C2c3ccccc3Cc3ccccc32)c1. The van der Waals surface area contributed by atoms with Crippen molar-refractivity contribution in [3.63, 3.8) is 0 Å². The molecule has 0 saturated carbocycles. The number of hydrogen-bond acceptors (Lipinski definition) is 3. The third-order valence-corrected chi connectivity index (χ3v) is 6.19. The number of rotatable bonds is 3. The fourth-order valence-corrected chi connectivity index (χ4v) is 4.58. The predicted octanol–water partition coefficient (Wildman–Crippen LogP) is 3.94. The number of fused-ring (bicyclic) bond motifs is 2. The Bertz CT molecular complexity index is 1120. The zero-order valence-electron chi connectivity index (χ0n) is 15.2. The van der Waals surface area contributed by atoms with Crippen LogP contribution in [-0.4, -0.2) is 14.1 Å². The molecule has 1 aliphatic carbocycles. The lowest BCUT2D eigenvalue weighted by molar-refractivity contribution is 0.583. The van der Waals surface area contributed by atoms with Crippen molar-refractivity contribution < 1.29 is 8.42 Å². The molecular formula is C22H20N2O2S. The van der Waals surface area contributed by atoms with Gasteiger partial charge in [-0.1, -0.05) is 60.7 Å². The molecule has 0 bridgehead atoms. The molecule has 0 unspecified atom stereocenters. The molecule has 0 spiro atoms. The Kier molecular flexibility index (Phi) is 4.32. The van der Waals surface area contributed by atoms with Gasteiger partial charge in [-0.2, -0.15) is 18.4 Å². The molecule has 136 valence electrons. The first-order valence-corrected chi connectivity index (χ1v) is 10.3. The number of sulfonamides is 1. The molecule has 0 saturated heterocycles. The zero-order valence-corrected chi connectivity index (χ0v) is 16.0. The summed E-state index contributed by atoms with van der Waals surface area (Å²) in [6.07, 6.45) is 0.815. The minimum absolute atomic E-state index is 0.254. The van der Waals surface area contributed by atoms with Gasteiger partial charge in [0.2, 0.25) is 0 Å². The topological polar surface area (TPSA) is 58.5 Å². The van der Waals surface area contributed by atoms with E-state index in [4.69, 9.17) is 0 Å². The predicted molar refractivity (Wildman–Crippen MR) is 108 cm³/mol. The van der Waals surface area contributed by atoms with E-state index in [0.29, 0.717) is 11.3 Å². The second-order valence-electron chi connectivity index (χ2n) is 6.82. The lowest BCUT2D eigenvalue weighted by Gasteiger charge is -2.21. The Morgan fingerprint density at radius 3 is 2.07 bits per heavy atom. The maximum atomic E-state index is 12.9. The van der Waals surface area contributed by atoms with E-state index in [-0.39, 0.29) is 4.90 Å². The molecule has 0 amide bonds. The Balaban J connectivity index is 1.80. The number of nitrogens with one attached hydrogen (secondary N) is 1. The highest BCUT2D eigenvalue weighted by molar-refractivity contribution is 7.89. The quantitative estimate of drug-likeness (QED) is 0.551.